The van der Waals surface area contributed by atoms with Crippen molar-refractivity contribution >= 4 is 40.5 Å². The van der Waals surface area contributed by atoms with E-state index in [4.69, 9.17) is 27.6 Å². The average molecular weight is 362 g/mol. The van der Waals surface area contributed by atoms with E-state index in [0.29, 0.717) is 22.3 Å². The van der Waals surface area contributed by atoms with Gasteiger partial charge in [0, 0.05) is 16.9 Å². The first-order valence-electron chi connectivity index (χ1n) is 7.10. The van der Waals surface area contributed by atoms with Gasteiger partial charge in [0.1, 0.15) is 11.5 Å². The number of furan rings is 1. The molecule has 0 saturated carbocycles. The largest absolute Gasteiger partial charge is 0.467 e. The van der Waals surface area contributed by atoms with Gasteiger partial charge in [-0.15, -0.1) is 0 Å². The molecular weight excluding hydrogens is 349 g/mol. The lowest BCUT2D eigenvalue weighted by Gasteiger charge is -2.09. The molecule has 3 aromatic rings. The molecule has 0 atom stereocenters. The van der Waals surface area contributed by atoms with Crippen molar-refractivity contribution in [1.82, 2.24) is 4.98 Å². The van der Waals surface area contributed by atoms with E-state index in [1.807, 2.05) is 12.1 Å². The summed E-state index contributed by atoms with van der Waals surface area (Å²) in [5, 5.41) is 6.75. The molecule has 24 heavy (non-hydrogen) atoms. The van der Waals surface area contributed by atoms with Crippen molar-refractivity contribution in [2.45, 2.75) is 6.54 Å². The molecule has 0 fully saturated rings. The molecule has 122 valence electrons. The molecule has 2 aromatic heterocycles. The first kappa shape index (κ1) is 16.4. The molecule has 0 unspecified atom stereocenters. The van der Waals surface area contributed by atoms with Crippen LogP contribution in [-0.4, -0.2) is 10.9 Å². The van der Waals surface area contributed by atoms with E-state index in [0.717, 1.165) is 11.4 Å². The van der Waals surface area contributed by atoms with E-state index in [1.54, 1.807) is 42.8 Å². The smallest absolute Gasteiger partial charge is 0.274 e. The zero-order valence-corrected chi connectivity index (χ0v) is 13.9. The molecule has 7 heteroatoms. The fourth-order valence-corrected chi connectivity index (χ4v) is 2.38. The molecule has 2 heterocycles. The molecule has 5 nitrogen and oxygen atoms in total. The van der Waals surface area contributed by atoms with Crippen LogP contribution < -0.4 is 10.6 Å². The van der Waals surface area contributed by atoms with Gasteiger partial charge < -0.3 is 15.1 Å². The van der Waals surface area contributed by atoms with Gasteiger partial charge in [-0.3, -0.25) is 9.78 Å². The standard InChI is InChI=1S/C17H13Cl2N3O2/c18-11-3-4-14(19)15(8-11)22-17(23)16-9-12(5-6-20-16)21-10-13-2-1-7-24-13/h1-9H,10H2,(H,20,21)(H,22,23). The summed E-state index contributed by atoms with van der Waals surface area (Å²) < 4.78 is 5.25. The molecule has 3 rings (SSSR count). The number of hydrogen-bond acceptors (Lipinski definition) is 4. The molecule has 0 radical (unpaired) electrons. The highest BCUT2D eigenvalue weighted by molar-refractivity contribution is 6.35. The topological polar surface area (TPSA) is 67.2 Å². The van der Waals surface area contributed by atoms with Crippen LogP contribution in [0.2, 0.25) is 10.0 Å². The van der Waals surface area contributed by atoms with Crippen LogP contribution in [0.15, 0.2) is 59.3 Å². The molecule has 1 amide bonds. The third kappa shape index (κ3) is 4.07. The molecule has 1 aromatic carbocycles. The highest BCUT2D eigenvalue weighted by atomic mass is 35.5. The second kappa shape index (κ2) is 7.38. The van der Waals surface area contributed by atoms with Crippen molar-refractivity contribution in [1.29, 1.82) is 0 Å². The first-order chi connectivity index (χ1) is 11.6. The number of hydrogen-bond donors (Lipinski definition) is 2. The van der Waals surface area contributed by atoms with Crippen molar-refractivity contribution in [2.75, 3.05) is 10.6 Å². The Labute approximate surface area is 148 Å². The summed E-state index contributed by atoms with van der Waals surface area (Å²) in [6.07, 6.45) is 3.16. The Hall–Kier alpha value is -2.50. The third-order valence-corrected chi connectivity index (χ3v) is 3.78. The zero-order chi connectivity index (χ0) is 16.9. The fourth-order valence-electron chi connectivity index (χ4n) is 2.05. The summed E-state index contributed by atoms with van der Waals surface area (Å²) in [4.78, 5) is 16.4. The summed E-state index contributed by atoms with van der Waals surface area (Å²) in [6, 6.07) is 12.0. The van der Waals surface area contributed by atoms with Crippen molar-refractivity contribution in [3.8, 4) is 0 Å². The van der Waals surface area contributed by atoms with Gasteiger partial charge in [-0.2, -0.15) is 0 Å². The number of rotatable bonds is 5. The zero-order valence-electron chi connectivity index (χ0n) is 12.4. The van der Waals surface area contributed by atoms with Crippen LogP contribution in [0.1, 0.15) is 16.2 Å². The quantitative estimate of drug-likeness (QED) is 0.681. The summed E-state index contributed by atoms with van der Waals surface area (Å²) in [7, 11) is 0. The first-order valence-corrected chi connectivity index (χ1v) is 7.86. The Kier molecular flexibility index (Phi) is 5.03. The number of halogens is 2. The van der Waals surface area contributed by atoms with Crippen molar-refractivity contribution in [3.05, 3.63) is 76.4 Å². The van der Waals surface area contributed by atoms with Crippen LogP contribution in [0, 0.1) is 0 Å². The van der Waals surface area contributed by atoms with E-state index in [2.05, 4.69) is 15.6 Å². The van der Waals surface area contributed by atoms with E-state index in [-0.39, 0.29) is 11.6 Å². The molecule has 2 N–H and O–H groups in total. The average Bonchev–Trinajstić information content (AvgIpc) is 3.10. The maximum atomic E-state index is 12.3. The van der Waals surface area contributed by atoms with Gasteiger partial charge in [-0.05, 0) is 42.5 Å². The fraction of sp³-hybridized carbons (Fsp3) is 0.0588. The normalized spacial score (nSPS) is 10.4. The monoisotopic (exact) mass is 361 g/mol. The predicted octanol–water partition coefficient (Wildman–Crippen LogP) is 4.85. The minimum atomic E-state index is -0.374. The number of carbonyl (C=O) groups is 1. The van der Waals surface area contributed by atoms with Gasteiger partial charge in [0.05, 0.1) is 23.5 Å². The maximum Gasteiger partial charge on any atom is 0.274 e. The van der Waals surface area contributed by atoms with Crippen LogP contribution in [0.3, 0.4) is 0 Å². The van der Waals surface area contributed by atoms with Crippen LogP contribution in [-0.2, 0) is 6.54 Å². The number of anilines is 2. The van der Waals surface area contributed by atoms with Crippen molar-refractivity contribution < 1.29 is 9.21 Å². The Morgan fingerprint density at radius 2 is 2.04 bits per heavy atom. The SMILES string of the molecule is O=C(Nc1cc(Cl)ccc1Cl)c1cc(NCc2ccco2)ccn1. The van der Waals surface area contributed by atoms with E-state index < -0.39 is 0 Å². The summed E-state index contributed by atoms with van der Waals surface area (Å²) in [5.41, 5.74) is 1.45. The minimum Gasteiger partial charge on any atom is -0.467 e. The second-order valence-electron chi connectivity index (χ2n) is 4.94. The van der Waals surface area contributed by atoms with Crippen LogP contribution in [0.4, 0.5) is 11.4 Å². The molecule has 0 aliphatic carbocycles. The van der Waals surface area contributed by atoms with Gasteiger partial charge >= 0.3 is 0 Å². The summed E-state index contributed by atoms with van der Waals surface area (Å²) in [5.74, 6) is 0.421. The lowest BCUT2D eigenvalue weighted by Crippen LogP contribution is -2.14. The number of aromatic nitrogens is 1. The second-order valence-corrected chi connectivity index (χ2v) is 5.78. The van der Waals surface area contributed by atoms with Crippen LogP contribution in [0.5, 0.6) is 0 Å². The van der Waals surface area contributed by atoms with Crippen LogP contribution in [0.25, 0.3) is 0 Å². The summed E-state index contributed by atoms with van der Waals surface area (Å²) >= 11 is 12.0. The molecule has 0 spiro atoms. The van der Waals surface area contributed by atoms with Gasteiger partial charge in [0.25, 0.3) is 5.91 Å². The molecular formula is C17H13Cl2N3O2. The van der Waals surface area contributed by atoms with Crippen molar-refractivity contribution in [3.63, 3.8) is 0 Å². The van der Waals surface area contributed by atoms with Gasteiger partial charge in [0.2, 0.25) is 0 Å². The number of amides is 1. The number of pyridine rings is 1. The highest BCUT2D eigenvalue weighted by Gasteiger charge is 2.11. The van der Waals surface area contributed by atoms with E-state index >= 15 is 0 Å². The number of carbonyl (C=O) groups excluding carboxylic acids is 1. The third-order valence-electron chi connectivity index (χ3n) is 3.22. The number of nitrogens with one attached hydrogen (secondary N) is 2. The van der Waals surface area contributed by atoms with E-state index in [1.165, 1.54) is 0 Å². The summed E-state index contributed by atoms with van der Waals surface area (Å²) in [6.45, 7) is 0.512. The van der Waals surface area contributed by atoms with Crippen LogP contribution >= 0.6 is 23.2 Å². The highest BCUT2D eigenvalue weighted by Crippen LogP contribution is 2.26. The molecule has 0 saturated heterocycles. The Bertz CT molecular complexity index is 851. The number of nitrogens with zero attached hydrogens (tertiary/aromatic N) is 1. The Morgan fingerprint density at radius 3 is 2.83 bits per heavy atom. The lowest BCUT2D eigenvalue weighted by atomic mass is 10.2. The maximum absolute atomic E-state index is 12.3. The minimum absolute atomic E-state index is 0.260. The number of benzene rings is 1. The van der Waals surface area contributed by atoms with Crippen molar-refractivity contribution in [2.24, 2.45) is 0 Å². The Balaban J connectivity index is 1.70. The Morgan fingerprint density at radius 1 is 1.17 bits per heavy atom. The molecule has 0 aliphatic rings. The molecule has 0 aliphatic heterocycles. The predicted molar refractivity (Wildman–Crippen MR) is 94.7 cm³/mol. The molecule has 0 bridgehead atoms. The van der Waals surface area contributed by atoms with E-state index in [9.17, 15) is 4.79 Å². The lowest BCUT2D eigenvalue weighted by molar-refractivity contribution is 0.102. The van der Waals surface area contributed by atoms with Gasteiger partial charge in [-0.25, -0.2) is 0 Å². The van der Waals surface area contributed by atoms with Gasteiger partial charge in [0.15, 0.2) is 0 Å². The van der Waals surface area contributed by atoms with Gasteiger partial charge in [-0.1, -0.05) is 23.2 Å².